The van der Waals surface area contributed by atoms with Crippen LogP contribution in [0.15, 0.2) is 48.7 Å². The first-order valence-electron chi connectivity index (χ1n) is 8.39. The molecule has 0 bridgehead atoms. The monoisotopic (exact) mass is 339 g/mol. The minimum absolute atomic E-state index is 0.0493. The zero-order valence-electron chi connectivity index (χ0n) is 14.0. The standard InChI is InChI=1S/C19H21N3O3/c23-14-17(24)16-8-6-15(7-9-16)13-22(18-5-1-2-10-20-18)19(25)21-11-3-4-12-21/h1-2,5-10,23H,3-4,11-14H2. The molecule has 1 aliphatic rings. The smallest absolute Gasteiger partial charge is 0.325 e. The molecule has 25 heavy (non-hydrogen) atoms. The molecule has 0 spiro atoms. The van der Waals surface area contributed by atoms with Crippen molar-refractivity contribution < 1.29 is 14.7 Å². The highest BCUT2D eigenvalue weighted by Crippen LogP contribution is 2.19. The maximum absolute atomic E-state index is 12.9. The van der Waals surface area contributed by atoms with E-state index >= 15 is 0 Å². The Balaban J connectivity index is 1.82. The highest BCUT2D eigenvalue weighted by molar-refractivity contribution is 5.97. The molecule has 2 aromatic rings. The number of carbonyl (C=O) groups is 2. The predicted octanol–water partition coefficient (Wildman–Crippen LogP) is 2.48. The van der Waals surface area contributed by atoms with Gasteiger partial charge < -0.3 is 10.0 Å². The lowest BCUT2D eigenvalue weighted by Gasteiger charge is -2.27. The molecule has 0 unspecified atom stereocenters. The van der Waals surface area contributed by atoms with Crippen molar-refractivity contribution >= 4 is 17.6 Å². The highest BCUT2D eigenvalue weighted by atomic mass is 16.3. The van der Waals surface area contributed by atoms with E-state index in [0.717, 1.165) is 31.5 Å². The minimum atomic E-state index is -0.507. The van der Waals surface area contributed by atoms with Gasteiger partial charge >= 0.3 is 6.03 Å². The van der Waals surface area contributed by atoms with Crippen molar-refractivity contribution in [1.29, 1.82) is 0 Å². The third-order valence-corrected chi connectivity index (χ3v) is 4.29. The van der Waals surface area contributed by atoms with Gasteiger partial charge in [0, 0.05) is 24.8 Å². The lowest BCUT2D eigenvalue weighted by molar-refractivity contribution is 0.0903. The highest BCUT2D eigenvalue weighted by Gasteiger charge is 2.25. The first-order chi connectivity index (χ1) is 12.2. The van der Waals surface area contributed by atoms with Gasteiger partial charge in [-0.3, -0.25) is 9.69 Å². The van der Waals surface area contributed by atoms with Crippen molar-refractivity contribution in [2.24, 2.45) is 0 Å². The third-order valence-electron chi connectivity index (χ3n) is 4.29. The Kier molecular flexibility index (Phi) is 5.40. The van der Waals surface area contributed by atoms with Crippen LogP contribution >= 0.6 is 0 Å². The molecule has 130 valence electrons. The molecule has 3 rings (SSSR count). The largest absolute Gasteiger partial charge is 0.388 e. The van der Waals surface area contributed by atoms with E-state index in [-0.39, 0.29) is 11.8 Å². The molecule has 0 saturated carbocycles. The molecular formula is C19H21N3O3. The number of urea groups is 1. The van der Waals surface area contributed by atoms with Gasteiger partial charge in [-0.2, -0.15) is 0 Å². The Morgan fingerprint density at radius 1 is 1.08 bits per heavy atom. The summed E-state index contributed by atoms with van der Waals surface area (Å²) in [6, 6.07) is 12.4. The average Bonchev–Trinajstić information content (AvgIpc) is 3.21. The molecule has 0 atom stereocenters. The molecule has 1 fully saturated rings. The number of pyridine rings is 1. The summed E-state index contributed by atoms with van der Waals surface area (Å²) >= 11 is 0. The number of benzene rings is 1. The van der Waals surface area contributed by atoms with E-state index in [2.05, 4.69) is 4.98 Å². The number of hydrogen-bond acceptors (Lipinski definition) is 4. The van der Waals surface area contributed by atoms with Crippen molar-refractivity contribution in [1.82, 2.24) is 9.88 Å². The molecule has 0 aliphatic carbocycles. The molecule has 2 amide bonds. The van der Waals surface area contributed by atoms with Crippen LogP contribution in [0.3, 0.4) is 0 Å². The SMILES string of the molecule is O=C(CO)c1ccc(CN(C(=O)N2CCCC2)c2ccccn2)cc1. The van der Waals surface area contributed by atoms with Gasteiger partial charge in [0.15, 0.2) is 5.78 Å². The summed E-state index contributed by atoms with van der Waals surface area (Å²) in [6.45, 7) is 1.41. The molecule has 2 heterocycles. The number of likely N-dealkylation sites (tertiary alicyclic amines) is 1. The number of ketones is 1. The average molecular weight is 339 g/mol. The summed E-state index contributed by atoms with van der Waals surface area (Å²) in [4.78, 5) is 32.2. The third kappa shape index (κ3) is 4.03. The Morgan fingerprint density at radius 3 is 2.40 bits per heavy atom. The number of hydrogen-bond donors (Lipinski definition) is 1. The number of Topliss-reactive ketones (excluding diaryl/α,β-unsaturated/α-hetero) is 1. The summed E-state index contributed by atoms with van der Waals surface area (Å²) < 4.78 is 0. The van der Waals surface area contributed by atoms with Crippen LogP contribution in [0.4, 0.5) is 10.6 Å². The van der Waals surface area contributed by atoms with E-state index in [0.29, 0.717) is 17.9 Å². The van der Waals surface area contributed by atoms with E-state index < -0.39 is 6.61 Å². The van der Waals surface area contributed by atoms with Crippen LogP contribution in [-0.2, 0) is 6.54 Å². The maximum atomic E-state index is 12.9. The van der Waals surface area contributed by atoms with Crippen LogP contribution in [0, 0.1) is 0 Å². The van der Waals surface area contributed by atoms with E-state index in [4.69, 9.17) is 5.11 Å². The molecule has 1 aromatic heterocycles. The van der Waals surface area contributed by atoms with Crippen molar-refractivity contribution in [2.45, 2.75) is 19.4 Å². The first kappa shape index (κ1) is 17.1. The number of nitrogens with zero attached hydrogens (tertiary/aromatic N) is 3. The molecule has 6 heteroatoms. The van der Waals surface area contributed by atoms with Gasteiger partial charge in [-0.1, -0.05) is 30.3 Å². The number of rotatable bonds is 5. The second-order valence-corrected chi connectivity index (χ2v) is 6.03. The number of amides is 2. The maximum Gasteiger partial charge on any atom is 0.325 e. The van der Waals surface area contributed by atoms with Gasteiger partial charge in [-0.05, 0) is 30.5 Å². The van der Waals surface area contributed by atoms with Crippen molar-refractivity contribution in [3.05, 3.63) is 59.8 Å². The second-order valence-electron chi connectivity index (χ2n) is 6.03. The number of aromatic nitrogens is 1. The zero-order valence-corrected chi connectivity index (χ0v) is 14.0. The number of aliphatic hydroxyl groups excluding tert-OH is 1. The molecule has 1 aromatic carbocycles. The molecule has 1 saturated heterocycles. The Bertz CT molecular complexity index is 725. The van der Waals surface area contributed by atoms with E-state index in [1.807, 2.05) is 23.1 Å². The van der Waals surface area contributed by atoms with Crippen molar-refractivity contribution in [2.75, 3.05) is 24.6 Å². The van der Waals surface area contributed by atoms with Gasteiger partial charge in [0.25, 0.3) is 0 Å². The summed E-state index contributed by atoms with van der Waals surface area (Å²) in [5.74, 6) is 0.288. The topological polar surface area (TPSA) is 73.7 Å². The molecule has 6 nitrogen and oxygen atoms in total. The van der Waals surface area contributed by atoms with E-state index in [1.54, 1.807) is 35.4 Å². The fourth-order valence-electron chi connectivity index (χ4n) is 2.91. The van der Waals surface area contributed by atoms with Crippen LogP contribution in [-0.4, -0.2) is 46.5 Å². The number of anilines is 1. The summed E-state index contributed by atoms with van der Waals surface area (Å²) in [5.41, 5.74) is 1.36. The predicted molar refractivity (Wildman–Crippen MR) is 94.5 cm³/mol. The van der Waals surface area contributed by atoms with E-state index in [9.17, 15) is 9.59 Å². The normalized spacial score (nSPS) is 13.7. The van der Waals surface area contributed by atoms with Gasteiger partial charge in [0.2, 0.25) is 0 Å². The van der Waals surface area contributed by atoms with Crippen molar-refractivity contribution in [3.63, 3.8) is 0 Å². The van der Waals surface area contributed by atoms with Gasteiger partial charge in [0.1, 0.15) is 12.4 Å². The minimum Gasteiger partial charge on any atom is -0.388 e. The second kappa shape index (κ2) is 7.90. The van der Waals surface area contributed by atoms with Crippen LogP contribution in [0.2, 0.25) is 0 Å². The summed E-state index contributed by atoms with van der Waals surface area (Å²) in [5, 5.41) is 8.93. The van der Waals surface area contributed by atoms with Gasteiger partial charge in [-0.25, -0.2) is 9.78 Å². The van der Waals surface area contributed by atoms with Crippen LogP contribution in [0.5, 0.6) is 0 Å². The summed E-state index contributed by atoms with van der Waals surface area (Å²) in [6.07, 6.45) is 3.72. The molecule has 0 radical (unpaired) electrons. The number of aliphatic hydroxyl groups is 1. The Morgan fingerprint density at radius 2 is 1.80 bits per heavy atom. The van der Waals surface area contributed by atoms with Gasteiger partial charge in [0.05, 0.1) is 6.54 Å². The fraction of sp³-hybridized carbons (Fsp3) is 0.316. The van der Waals surface area contributed by atoms with Crippen LogP contribution in [0.25, 0.3) is 0 Å². The molecule has 1 aliphatic heterocycles. The summed E-state index contributed by atoms with van der Waals surface area (Å²) in [7, 11) is 0. The number of carbonyl (C=O) groups excluding carboxylic acids is 2. The quantitative estimate of drug-likeness (QED) is 0.849. The van der Waals surface area contributed by atoms with Crippen LogP contribution in [0.1, 0.15) is 28.8 Å². The molecule has 1 N–H and O–H groups in total. The van der Waals surface area contributed by atoms with E-state index in [1.165, 1.54) is 0 Å². The van der Waals surface area contributed by atoms with Crippen molar-refractivity contribution in [3.8, 4) is 0 Å². The lowest BCUT2D eigenvalue weighted by atomic mass is 10.1. The zero-order chi connectivity index (χ0) is 17.6. The van der Waals surface area contributed by atoms with Gasteiger partial charge in [-0.15, -0.1) is 0 Å². The first-order valence-corrected chi connectivity index (χ1v) is 8.39. The Hall–Kier alpha value is -2.73. The fourth-order valence-corrected chi connectivity index (χ4v) is 2.91. The Labute approximate surface area is 146 Å². The molecular weight excluding hydrogens is 318 g/mol. The van der Waals surface area contributed by atoms with Crippen LogP contribution < -0.4 is 4.90 Å². The lowest BCUT2D eigenvalue weighted by Crippen LogP contribution is -2.41.